The quantitative estimate of drug-likeness (QED) is 0.630. The van der Waals surface area contributed by atoms with Gasteiger partial charge in [0.2, 0.25) is 0 Å². The molecule has 0 bridgehead atoms. The van der Waals surface area contributed by atoms with E-state index >= 15 is 0 Å². The molecule has 1 heterocycles. The van der Waals surface area contributed by atoms with Gasteiger partial charge in [0.15, 0.2) is 0 Å². The van der Waals surface area contributed by atoms with Gasteiger partial charge < -0.3 is 0 Å². The molecule has 5 nitrogen and oxygen atoms in total. The van der Waals surface area contributed by atoms with Gasteiger partial charge in [-0.05, 0) is 0 Å². The molecule has 0 unspecified atom stereocenters. The monoisotopic (exact) mass is 306 g/mol. The molecule has 1 aliphatic heterocycles. The summed E-state index contributed by atoms with van der Waals surface area (Å²) in [5.74, 6) is 1.66. The summed E-state index contributed by atoms with van der Waals surface area (Å²) in [6.45, 7) is 18.3. The maximum atomic E-state index is 6.39. The minimum absolute atomic E-state index is 0.561. The van der Waals surface area contributed by atoms with Crippen LogP contribution >= 0.6 is 7.59 Å². The Balaban J connectivity index is 3.43. The van der Waals surface area contributed by atoms with Crippen molar-refractivity contribution in [3.05, 3.63) is 11.5 Å². The molecule has 20 heavy (non-hydrogen) atoms. The molecule has 0 atom stereocenters. The van der Waals surface area contributed by atoms with Gasteiger partial charge in [0.1, 0.15) is 0 Å². The molecule has 0 saturated heterocycles. The number of hydrogen-bond acceptors (Lipinski definition) is 5. The molecule has 6 heteroatoms. The molecule has 0 amide bonds. The van der Waals surface area contributed by atoms with Crippen LogP contribution in [0.25, 0.3) is 0 Å². The Hall–Kier alpha value is -0.350. The van der Waals surface area contributed by atoms with E-state index in [0.29, 0.717) is 6.61 Å². The van der Waals surface area contributed by atoms with E-state index in [9.17, 15) is 0 Å². The van der Waals surface area contributed by atoms with Crippen LogP contribution in [0.4, 0.5) is 0 Å². The summed E-state index contributed by atoms with van der Waals surface area (Å²) >= 11 is 0. The van der Waals surface area contributed by atoms with E-state index in [4.69, 9.17) is 13.6 Å². The van der Waals surface area contributed by atoms with Crippen LogP contribution < -0.4 is 0 Å². The normalized spacial score (nSPS) is 22.6. The summed E-state index contributed by atoms with van der Waals surface area (Å²) in [4.78, 5) is 0. The van der Waals surface area contributed by atoms with Gasteiger partial charge in [-0.2, -0.15) is 0 Å². The van der Waals surface area contributed by atoms with Gasteiger partial charge in [0.25, 0.3) is 0 Å². The first-order valence-corrected chi connectivity index (χ1v) is 9.59. The van der Waals surface area contributed by atoms with Crippen LogP contribution in [0.1, 0.15) is 48.5 Å². The Bertz CT molecular complexity index is 335. The van der Waals surface area contributed by atoms with Crippen LogP contribution in [0.5, 0.6) is 0 Å². The van der Waals surface area contributed by atoms with Crippen molar-refractivity contribution in [3.8, 4) is 0 Å². The van der Waals surface area contributed by atoms with E-state index in [0.717, 1.165) is 37.7 Å². The molecule has 0 aliphatic carbocycles. The van der Waals surface area contributed by atoms with Gasteiger partial charge in [0.05, 0.1) is 0 Å². The summed E-state index contributed by atoms with van der Waals surface area (Å²) in [5, 5.41) is 0. The first-order chi connectivity index (χ1) is 9.44. The molecule has 0 N–H and O–H groups in total. The molecule has 0 fully saturated rings. The fourth-order valence-electron chi connectivity index (χ4n) is 2.86. The third-order valence-electron chi connectivity index (χ3n) is 3.84. The number of nitrogens with zero attached hydrogens (tertiary/aromatic N) is 2. The first-order valence-electron chi connectivity index (χ1n) is 7.70. The summed E-state index contributed by atoms with van der Waals surface area (Å²) in [7, 11) is -3.47. The number of allylic oxidation sites excluding steroid dienone is 2. The van der Waals surface area contributed by atoms with Crippen LogP contribution in [-0.2, 0) is 13.6 Å². The molecule has 0 saturated carbocycles. The Labute approximate surface area is 124 Å². The van der Waals surface area contributed by atoms with Crippen LogP contribution in [0, 0.1) is 0 Å². The minimum atomic E-state index is -3.47. The van der Waals surface area contributed by atoms with E-state index in [2.05, 4.69) is 37.0 Å². The fraction of sp³-hybridized carbons (Fsp3) is 0.857. The zero-order valence-corrected chi connectivity index (χ0v) is 15.0. The van der Waals surface area contributed by atoms with E-state index in [-0.39, 0.29) is 0 Å². The van der Waals surface area contributed by atoms with E-state index in [1.165, 1.54) is 0 Å². The molecule has 1 aliphatic rings. The maximum absolute atomic E-state index is 6.39. The summed E-state index contributed by atoms with van der Waals surface area (Å²) in [6.07, 6.45) is 0. The van der Waals surface area contributed by atoms with E-state index < -0.39 is 7.59 Å². The molecule has 0 radical (unpaired) electrons. The van der Waals surface area contributed by atoms with Crippen LogP contribution in [-0.4, -0.2) is 42.1 Å². The Morgan fingerprint density at radius 3 is 1.40 bits per heavy atom. The van der Waals surface area contributed by atoms with Crippen molar-refractivity contribution in [1.82, 2.24) is 9.34 Å². The average Bonchev–Trinajstić information content (AvgIpc) is 2.66. The van der Waals surface area contributed by atoms with Gasteiger partial charge in [-0.1, -0.05) is 0 Å². The van der Waals surface area contributed by atoms with Gasteiger partial charge in [-0.3, -0.25) is 0 Å². The Morgan fingerprint density at radius 1 is 0.800 bits per heavy atom. The Kier molecular flexibility index (Phi) is 5.85. The molecule has 1 rings (SSSR count). The van der Waals surface area contributed by atoms with Gasteiger partial charge in [-0.25, -0.2) is 0 Å². The van der Waals surface area contributed by atoms with Crippen molar-refractivity contribution in [2.45, 2.75) is 48.5 Å². The zero-order valence-electron chi connectivity index (χ0n) is 14.1. The second kappa shape index (κ2) is 6.61. The predicted octanol–water partition coefficient (Wildman–Crippen LogP) is 4.13. The molecular formula is C14H31N2O3P. The molecule has 120 valence electrons. The van der Waals surface area contributed by atoms with E-state index in [1.807, 2.05) is 20.8 Å². The van der Waals surface area contributed by atoms with Crippen molar-refractivity contribution in [2.75, 3.05) is 32.8 Å². The summed E-state index contributed by atoms with van der Waals surface area (Å²) < 4.78 is 23.5. The fourth-order valence-corrected chi connectivity index (χ4v) is 7.67. The third-order valence-corrected chi connectivity index (χ3v) is 8.73. The van der Waals surface area contributed by atoms with Gasteiger partial charge in [-0.15, -0.1) is 0 Å². The number of rotatable bonds is 8. The Morgan fingerprint density at radius 2 is 1.15 bits per heavy atom. The summed E-state index contributed by atoms with van der Waals surface area (Å²) in [6, 6.07) is 0. The van der Waals surface area contributed by atoms with Crippen LogP contribution in [0.3, 0.4) is 0 Å². The van der Waals surface area contributed by atoms with E-state index in [1.54, 1.807) is 0 Å². The second-order valence-electron chi connectivity index (χ2n) is 4.79. The van der Waals surface area contributed by atoms with Crippen LogP contribution in [0.15, 0.2) is 11.5 Å². The molecule has 0 spiro atoms. The topological polar surface area (TPSA) is 34.2 Å². The third kappa shape index (κ3) is 2.45. The van der Waals surface area contributed by atoms with Crippen molar-refractivity contribution >= 4 is 7.59 Å². The van der Waals surface area contributed by atoms with Gasteiger partial charge >= 0.3 is 123 Å². The van der Waals surface area contributed by atoms with Crippen LogP contribution in [0.2, 0.25) is 0 Å². The van der Waals surface area contributed by atoms with Crippen molar-refractivity contribution in [3.63, 3.8) is 0 Å². The molecule has 0 aromatic rings. The summed E-state index contributed by atoms with van der Waals surface area (Å²) in [5.41, 5.74) is 0. The predicted molar refractivity (Wildman–Crippen MR) is 84.9 cm³/mol. The van der Waals surface area contributed by atoms with Crippen molar-refractivity contribution < 1.29 is 13.6 Å². The molecular weight excluding hydrogens is 275 g/mol. The SMILES string of the molecule is CCOP1(N(CC)CC)(N(CC)CC)OC(C)=C(C)O1. The first kappa shape index (κ1) is 17.7. The molecule has 0 aromatic carbocycles. The zero-order chi connectivity index (χ0) is 15.4. The van der Waals surface area contributed by atoms with Gasteiger partial charge in [0, 0.05) is 0 Å². The standard InChI is InChI=1S/C14H31N2O3P/c1-8-15(9-2)20(17-12-5,16(10-3)11-4)18-13(6)14(7)19-20/h8-12H2,1-7H3. The van der Waals surface area contributed by atoms with Crippen molar-refractivity contribution in [1.29, 1.82) is 0 Å². The molecule has 0 aromatic heterocycles. The number of hydrogen-bond donors (Lipinski definition) is 0. The van der Waals surface area contributed by atoms with Crippen molar-refractivity contribution in [2.24, 2.45) is 0 Å². The average molecular weight is 306 g/mol. The second-order valence-corrected chi connectivity index (χ2v) is 8.15.